The van der Waals surface area contributed by atoms with Gasteiger partial charge in [0.25, 0.3) is 5.91 Å². The van der Waals surface area contributed by atoms with Crippen molar-refractivity contribution in [2.75, 3.05) is 19.8 Å². The Kier molecular flexibility index (Phi) is 5.31. The van der Waals surface area contributed by atoms with Gasteiger partial charge in [-0.1, -0.05) is 20.8 Å². The van der Waals surface area contributed by atoms with Crippen LogP contribution in [0.1, 0.15) is 45.6 Å². The number of hydrogen-bond acceptors (Lipinski definition) is 6. The minimum absolute atomic E-state index is 0.138. The molecule has 166 valence electrons. The highest BCUT2D eigenvalue weighted by molar-refractivity contribution is 5.82. The third-order valence-corrected chi connectivity index (χ3v) is 6.37. The van der Waals surface area contributed by atoms with Gasteiger partial charge in [0.1, 0.15) is 11.3 Å². The van der Waals surface area contributed by atoms with Gasteiger partial charge in [0.05, 0.1) is 0 Å². The number of carbonyl (C=O) groups excluding carboxylic acids is 2. The molecule has 7 nitrogen and oxygen atoms in total. The molecule has 2 atom stereocenters. The summed E-state index contributed by atoms with van der Waals surface area (Å²) < 4.78 is 15.8. The zero-order valence-corrected chi connectivity index (χ0v) is 18.5. The van der Waals surface area contributed by atoms with Crippen molar-refractivity contribution in [3.8, 4) is 5.75 Å². The van der Waals surface area contributed by atoms with E-state index in [1.54, 1.807) is 18.2 Å². The molecule has 2 heterocycles. The number of amides is 1. The van der Waals surface area contributed by atoms with Crippen LogP contribution in [-0.4, -0.2) is 42.6 Å². The van der Waals surface area contributed by atoms with Crippen LogP contribution in [0.3, 0.4) is 0 Å². The molecule has 1 aromatic carbocycles. The molecule has 1 saturated carbocycles. The fourth-order valence-corrected chi connectivity index (χ4v) is 5.56. The zero-order chi connectivity index (χ0) is 22.4. The fourth-order valence-electron chi connectivity index (χ4n) is 5.56. The Morgan fingerprint density at radius 3 is 2.71 bits per heavy atom. The first kappa shape index (κ1) is 21.4. The Balaban J connectivity index is 1.30. The average Bonchev–Trinajstić information content (AvgIpc) is 2.92. The lowest BCUT2D eigenvalue weighted by molar-refractivity contribution is -0.154. The minimum atomic E-state index is -0.618. The maximum atomic E-state index is 12.7. The summed E-state index contributed by atoms with van der Waals surface area (Å²) in [4.78, 5) is 38.2. The number of fused-ring (bicyclic) bond motifs is 3. The molecule has 1 aliphatic carbocycles. The summed E-state index contributed by atoms with van der Waals surface area (Å²) in [6.07, 6.45) is 3.08. The quantitative estimate of drug-likeness (QED) is 0.537. The van der Waals surface area contributed by atoms with Crippen molar-refractivity contribution in [3.63, 3.8) is 0 Å². The molecule has 2 bridgehead atoms. The maximum absolute atomic E-state index is 12.7. The van der Waals surface area contributed by atoms with Gasteiger partial charge >= 0.3 is 11.6 Å². The van der Waals surface area contributed by atoms with Gasteiger partial charge in [-0.2, -0.15) is 0 Å². The van der Waals surface area contributed by atoms with Crippen LogP contribution in [0.5, 0.6) is 5.75 Å². The molecule has 1 aliphatic heterocycles. The summed E-state index contributed by atoms with van der Waals surface area (Å²) in [5.74, 6) is -0.386. The molecule has 1 aromatic heterocycles. The van der Waals surface area contributed by atoms with Crippen LogP contribution in [0.2, 0.25) is 0 Å². The standard InChI is InChI=1S/C24H29NO6/c1-15-7-21(27)31-19-8-17(5-6-18(15)19)29-12-22(28)30-11-20(26)25-14-24(4)10-16(25)9-23(2,3)13-24/h5-8,16H,9-14H2,1-4H3. The largest absolute Gasteiger partial charge is 0.482 e. The van der Waals surface area contributed by atoms with Gasteiger partial charge < -0.3 is 18.8 Å². The second-order valence-corrected chi connectivity index (χ2v) is 10.1. The Morgan fingerprint density at radius 1 is 1.16 bits per heavy atom. The van der Waals surface area contributed by atoms with Crippen LogP contribution < -0.4 is 10.4 Å². The highest BCUT2D eigenvalue weighted by atomic mass is 16.6. The topological polar surface area (TPSA) is 86.0 Å². The van der Waals surface area contributed by atoms with Crippen molar-refractivity contribution < 1.29 is 23.5 Å². The lowest BCUT2D eigenvalue weighted by Gasteiger charge is -2.39. The van der Waals surface area contributed by atoms with Gasteiger partial charge in [0.15, 0.2) is 13.2 Å². The average molecular weight is 427 g/mol. The van der Waals surface area contributed by atoms with E-state index in [4.69, 9.17) is 13.9 Å². The van der Waals surface area contributed by atoms with Gasteiger partial charge in [0, 0.05) is 30.1 Å². The third-order valence-electron chi connectivity index (χ3n) is 6.37. The first-order chi connectivity index (χ1) is 14.5. The van der Waals surface area contributed by atoms with Crippen LogP contribution >= 0.6 is 0 Å². The van der Waals surface area contributed by atoms with E-state index >= 15 is 0 Å². The molecule has 2 aliphatic rings. The molecule has 4 rings (SSSR count). The monoisotopic (exact) mass is 427 g/mol. The Morgan fingerprint density at radius 2 is 1.94 bits per heavy atom. The van der Waals surface area contributed by atoms with E-state index in [9.17, 15) is 14.4 Å². The van der Waals surface area contributed by atoms with E-state index in [1.165, 1.54) is 6.07 Å². The number of ether oxygens (including phenoxy) is 2. The fraction of sp³-hybridized carbons (Fsp3) is 0.542. The van der Waals surface area contributed by atoms with Crippen molar-refractivity contribution in [1.29, 1.82) is 0 Å². The first-order valence-electron chi connectivity index (χ1n) is 10.7. The van der Waals surface area contributed by atoms with Crippen molar-refractivity contribution >= 4 is 22.8 Å². The van der Waals surface area contributed by atoms with Gasteiger partial charge in [-0.05, 0) is 54.7 Å². The summed E-state index contributed by atoms with van der Waals surface area (Å²) in [6.45, 7) is 8.68. The molecule has 0 N–H and O–H groups in total. The Hall–Kier alpha value is -2.83. The number of benzene rings is 1. The number of rotatable bonds is 5. The first-order valence-corrected chi connectivity index (χ1v) is 10.7. The Labute approximate surface area is 181 Å². The third kappa shape index (κ3) is 4.60. The number of esters is 1. The zero-order valence-electron chi connectivity index (χ0n) is 18.5. The second-order valence-electron chi connectivity index (χ2n) is 10.1. The van der Waals surface area contributed by atoms with Crippen molar-refractivity contribution in [2.24, 2.45) is 10.8 Å². The molecular formula is C24H29NO6. The molecule has 0 spiro atoms. The Bertz CT molecular complexity index is 1090. The van der Waals surface area contributed by atoms with Crippen molar-refractivity contribution in [2.45, 2.75) is 53.0 Å². The SMILES string of the molecule is Cc1cc(=O)oc2cc(OCC(=O)OCC(=O)N3CC4(C)CC3CC(C)(C)C4)ccc12. The molecule has 2 fully saturated rings. The number of nitrogens with zero attached hydrogens (tertiary/aromatic N) is 1. The molecular weight excluding hydrogens is 398 g/mol. The summed E-state index contributed by atoms with van der Waals surface area (Å²) in [6, 6.07) is 6.67. The summed E-state index contributed by atoms with van der Waals surface area (Å²) in [5.41, 5.74) is 1.11. The number of hydrogen-bond donors (Lipinski definition) is 0. The van der Waals surface area contributed by atoms with Crippen molar-refractivity contribution in [3.05, 3.63) is 40.2 Å². The maximum Gasteiger partial charge on any atom is 0.344 e. The van der Waals surface area contributed by atoms with E-state index in [0.29, 0.717) is 11.3 Å². The van der Waals surface area contributed by atoms with Crippen LogP contribution in [0.15, 0.2) is 33.5 Å². The lowest BCUT2D eigenvalue weighted by atomic mass is 9.65. The molecule has 0 radical (unpaired) electrons. The van der Waals surface area contributed by atoms with Crippen LogP contribution in [0.25, 0.3) is 11.0 Å². The summed E-state index contributed by atoms with van der Waals surface area (Å²) in [7, 11) is 0. The van der Waals surface area contributed by atoms with Crippen molar-refractivity contribution in [1.82, 2.24) is 4.90 Å². The van der Waals surface area contributed by atoms with Crippen LogP contribution in [-0.2, 0) is 14.3 Å². The molecule has 7 heteroatoms. The second kappa shape index (κ2) is 7.70. The lowest BCUT2D eigenvalue weighted by Crippen LogP contribution is -2.40. The summed E-state index contributed by atoms with van der Waals surface area (Å²) >= 11 is 0. The van der Waals surface area contributed by atoms with Gasteiger partial charge in [-0.25, -0.2) is 9.59 Å². The van der Waals surface area contributed by atoms with E-state index < -0.39 is 11.6 Å². The highest BCUT2D eigenvalue weighted by Crippen LogP contribution is 2.52. The van der Waals surface area contributed by atoms with Gasteiger partial charge in [-0.3, -0.25) is 4.79 Å². The highest BCUT2D eigenvalue weighted by Gasteiger charge is 2.50. The number of likely N-dealkylation sites (tertiary alicyclic amines) is 1. The van der Waals surface area contributed by atoms with Crippen LogP contribution in [0.4, 0.5) is 0 Å². The van der Waals surface area contributed by atoms with E-state index in [2.05, 4.69) is 20.8 Å². The molecule has 31 heavy (non-hydrogen) atoms. The summed E-state index contributed by atoms with van der Waals surface area (Å²) in [5, 5.41) is 0.799. The van der Waals surface area contributed by atoms with E-state index in [1.807, 2.05) is 11.8 Å². The molecule has 1 saturated heterocycles. The number of carbonyl (C=O) groups is 2. The molecule has 1 amide bonds. The molecule has 2 aromatic rings. The minimum Gasteiger partial charge on any atom is -0.482 e. The predicted octanol–water partition coefficient (Wildman–Crippen LogP) is 3.45. The van der Waals surface area contributed by atoms with E-state index in [0.717, 1.165) is 36.8 Å². The smallest absolute Gasteiger partial charge is 0.344 e. The molecule has 2 unspecified atom stereocenters. The van der Waals surface area contributed by atoms with Gasteiger partial charge in [-0.15, -0.1) is 0 Å². The number of aryl methyl sites for hydroxylation is 1. The normalized spacial score (nSPS) is 24.3. The van der Waals surface area contributed by atoms with E-state index in [-0.39, 0.29) is 36.0 Å². The van der Waals surface area contributed by atoms with Crippen LogP contribution in [0, 0.1) is 17.8 Å². The van der Waals surface area contributed by atoms with Gasteiger partial charge in [0.2, 0.25) is 0 Å². The predicted molar refractivity (Wildman–Crippen MR) is 115 cm³/mol.